The molecule has 0 spiro atoms. The number of benzene rings is 1. The van der Waals surface area contributed by atoms with Gasteiger partial charge in [0.2, 0.25) is 0 Å². The molecule has 6 heteroatoms. The fourth-order valence-corrected chi connectivity index (χ4v) is 4.49. The quantitative estimate of drug-likeness (QED) is 0.575. The minimum absolute atomic E-state index is 0.413. The van der Waals surface area contributed by atoms with Crippen molar-refractivity contribution in [3.05, 3.63) is 40.0 Å². The van der Waals surface area contributed by atoms with Crippen LogP contribution in [0.2, 0.25) is 10.0 Å². The molecule has 1 atom stereocenters. The van der Waals surface area contributed by atoms with E-state index in [-0.39, 0.29) is 0 Å². The van der Waals surface area contributed by atoms with Crippen LogP contribution in [-0.4, -0.2) is 26.8 Å². The first-order valence-corrected chi connectivity index (χ1v) is 9.78. The minimum atomic E-state index is 0.413. The second kappa shape index (κ2) is 6.43. The molecular weight excluding hydrogens is 367 g/mol. The summed E-state index contributed by atoms with van der Waals surface area (Å²) in [5.74, 6) is 0. The molecule has 0 saturated heterocycles. The van der Waals surface area contributed by atoms with Crippen molar-refractivity contribution in [2.45, 2.75) is 52.7 Å². The zero-order chi connectivity index (χ0) is 18.6. The first-order chi connectivity index (χ1) is 12.4. The minimum Gasteiger partial charge on any atom is -0.362 e. The van der Waals surface area contributed by atoms with E-state index in [1.807, 2.05) is 19.1 Å². The van der Waals surface area contributed by atoms with Gasteiger partial charge in [0.25, 0.3) is 0 Å². The monoisotopic (exact) mass is 388 g/mol. The average molecular weight is 389 g/mol. The lowest BCUT2D eigenvalue weighted by molar-refractivity contribution is 0.436. The second-order valence-electron chi connectivity index (χ2n) is 7.20. The molecule has 1 aliphatic heterocycles. The molecule has 0 N–H and O–H groups in total. The molecule has 0 fully saturated rings. The number of hydrogen-bond donors (Lipinski definition) is 0. The predicted octanol–water partition coefficient (Wildman–Crippen LogP) is 5.72. The molecule has 0 radical (unpaired) electrons. The fourth-order valence-electron chi connectivity index (χ4n) is 3.99. The Morgan fingerprint density at radius 3 is 2.65 bits per heavy atom. The third kappa shape index (κ3) is 2.67. The van der Waals surface area contributed by atoms with Gasteiger partial charge in [-0.05, 0) is 51.5 Å². The molecular formula is C20H22Cl2N4. The van der Waals surface area contributed by atoms with Crippen LogP contribution < -0.4 is 4.90 Å². The lowest BCUT2D eigenvalue weighted by Gasteiger charge is -2.40. The van der Waals surface area contributed by atoms with E-state index in [0.717, 1.165) is 41.0 Å². The van der Waals surface area contributed by atoms with Crippen molar-refractivity contribution in [1.82, 2.24) is 14.8 Å². The van der Waals surface area contributed by atoms with E-state index in [1.165, 1.54) is 5.69 Å². The SMILES string of the molecule is CCC1Cn2nc(-c3ccc(Cl)cc3Cl)c3nc(C)cc(c32)N1C(C)C. The maximum atomic E-state index is 6.48. The number of aryl methyl sites for hydroxylation is 1. The lowest BCUT2D eigenvalue weighted by atomic mass is 10.0. The maximum Gasteiger partial charge on any atom is 0.120 e. The molecule has 0 aliphatic carbocycles. The normalized spacial score (nSPS) is 16.7. The van der Waals surface area contributed by atoms with Gasteiger partial charge in [0.05, 0.1) is 17.3 Å². The number of nitrogens with zero attached hydrogens (tertiary/aromatic N) is 4. The Hall–Kier alpha value is -1.78. The van der Waals surface area contributed by atoms with E-state index >= 15 is 0 Å². The van der Waals surface area contributed by atoms with Gasteiger partial charge in [-0.1, -0.05) is 30.1 Å². The van der Waals surface area contributed by atoms with Gasteiger partial charge >= 0.3 is 0 Å². The fraction of sp³-hybridized carbons (Fsp3) is 0.400. The number of anilines is 1. The first kappa shape index (κ1) is 17.6. The highest BCUT2D eigenvalue weighted by Crippen LogP contribution is 2.40. The van der Waals surface area contributed by atoms with Crippen LogP contribution in [0.1, 0.15) is 32.9 Å². The highest BCUT2D eigenvalue weighted by atomic mass is 35.5. The molecule has 4 nitrogen and oxygen atoms in total. The van der Waals surface area contributed by atoms with E-state index in [1.54, 1.807) is 6.07 Å². The molecule has 1 aliphatic rings. The predicted molar refractivity (Wildman–Crippen MR) is 109 cm³/mol. The molecule has 1 unspecified atom stereocenters. The molecule has 3 aromatic rings. The van der Waals surface area contributed by atoms with Crippen molar-refractivity contribution in [3.8, 4) is 11.3 Å². The lowest BCUT2D eigenvalue weighted by Crippen LogP contribution is -2.45. The third-order valence-electron chi connectivity index (χ3n) is 5.07. The van der Waals surface area contributed by atoms with E-state index in [2.05, 4.69) is 36.4 Å². The van der Waals surface area contributed by atoms with Crippen LogP contribution in [0.5, 0.6) is 0 Å². The number of pyridine rings is 1. The highest BCUT2D eigenvalue weighted by molar-refractivity contribution is 6.36. The van der Waals surface area contributed by atoms with Crippen LogP contribution in [0.4, 0.5) is 5.69 Å². The number of halogens is 2. The van der Waals surface area contributed by atoms with Gasteiger partial charge in [-0.15, -0.1) is 0 Å². The van der Waals surface area contributed by atoms with Crippen molar-refractivity contribution in [2.75, 3.05) is 4.90 Å². The summed E-state index contributed by atoms with van der Waals surface area (Å²) in [7, 11) is 0. The van der Waals surface area contributed by atoms with Gasteiger partial charge in [0.1, 0.15) is 16.7 Å². The topological polar surface area (TPSA) is 34.0 Å². The third-order valence-corrected chi connectivity index (χ3v) is 5.62. The van der Waals surface area contributed by atoms with Crippen LogP contribution in [0.15, 0.2) is 24.3 Å². The summed E-state index contributed by atoms with van der Waals surface area (Å²) >= 11 is 12.6. The standard InChI is InChI=1S/C20H22Cl2N4/c1-5-14-10-25-20-17(26(14)11(2)3)8-12(4)23-19(20)18(24-25)15-7-6-13(21)9-16(15)22/h6-9,11,14H,5,10H2,1-4H3. The Labute approximate surface area is 163 Å². The zero-order valence-corrected chi connectivity index (χ0v) is 16.9. The highest BCUT2D eigenvalue weighted by Gasteiger charge is 2.32. The van der Waals surface area contributed by atoms with Crippen molar-refractivity contribution < 1.29 is 0 Å². The van der Waals surface area contributed by atoms with E-state index in [4.69, 9.17) is 33.3 Å². The van der Waals surface area contributed by atoms with Crippen LogP contribution in [-0.2, 0) is 6.54 Å². The molecule has 26 heavy (non-hydrogen) atoms. The van der Waals surface area contributed by atoms with Crippen molar-refractivity contribution in [2.24, 2.45) is 0 Å². The first-order valence-electron chi connectivity index (χ1n) is 9.02. The van der Waals surface area contributed by atoms with E-state index in [9.17, 15) is 0 Å². The van der Waals surface area contributed by atoms with Gasteiger partial charge in [0.15, 0.2) is 0 Å². The molecule has 0 bridgehead atoms. The molecule has 2 aromatic heterocycles. The summed E-state index contributed by atoms with van der Waals surface area (Å²) < 4.78 is 2.10. The van der Waals surface area contributed by atoms with E-state index < -0.39 is 0 Å². The summed E-state index contributed by atoms with van der Waals surface area (Å²) in [4.78, 5) is 7.33. The zero-order valence-electron chi connectivity index (χ0n) is 15.4. The van der Waals surface area contributed by atoms with Gasteiger partial charge in [0, 0.05) is 28.4 Å². The average Bonchev–Trinajstić information content (AvgIpc) is 2.92. The van der Waals surface area contributed by atoms with Gasteiger partial charge in [-0.3, -0.25) is 4.68 Å². The molecule has 0 saturated carbocycles. The van der Waals surface area contributed by atoms with Crippen molar-refractivity contribution >= 4 is 39.9 Å². The Morgan fingerprint density at radius 1 is 1.23 bits per heavy atom. The number of hydrogen-bond acceptors (Lipinski definition) is 3. The van der Waals surface area contributed by atoms with Gasteiger partial charge in [-0.2, -0.15) is 5.10 Å². The number of rotatable bonds is 3. The molecule has 0 amide bonds. The molecule has 1 aromatic carbocycles. The van der Waals surface area contributed by atoms with Crippen LogP contribution in [0.3, 0.4) is 0 Å². The second-order valence-corrected chi connectivity index (χ2v) is 8.04. The van der Waals surface area contributed by atoms with Crippen LogP contribution in [0, 0.1) is 6.92 Å². The molecule has 136 valence electrons. The van der Waals surface area contributed by atoms with E-state index in [0.29, 0.717) is 22.1 Å². The molecule has 4 rings (SSSR count). The van der Waals surface area contributed by atoms with Gasteiger partial charge < -0.3 is 4.90 Å². The van der Waals surface area contributed by atoms with Gasteiger partial charge in [-0.25, -0.2) is 4.98 Å². The summed E-state index contributed by atoms with van der Waals surface area (Å²) in [6.07, 6.45) is 1.07. The Balaban J connectivity index is 2.02. The maximum absolute atomic E-state index is 6.48. The smallest absolute Gasteiger partial charge is 0.120 e. The summed E-state index contributed by atoms with van der Waals surface area (Å²) in [5, 5.41) is 6.13. The summed E-state index contributed by atoms with van der Waals surface area (Å²) in [6.45, 7) is 9.61. The Kier molecular flexibility index (Phi) is 4.36. The Morgan fingerprint density at radius 2 is 2.00 bits per heavy atom. The number of aromatic nitrogens is 3. The molecule has 3 heterocycles. The summed E-state index contributed by atoms with van der Waals surface area (Å²) in [5.41, 5.74) is 5.90. The Bertz CT molecular complexity index is 993. The van der Waals surface area contributed by atoms with Crippen LogP contribution >= 0.6 is 23.2 Å². The van der Waals surface area contributed by atoms with Crippen molar-refractivity contribution in [3.63, 3.8) is 0 Å². The van der Waals surface area contributed by atoms with Crippen LogP contribution in [0.25, 0.3) is 22.3 Å². The largest absolute Gasteiger partial charge is 0.362 e. The summed E-state index contributed by atoms with van der Waals surface area (Å²) in [6, 6.07) is 8.54. The van der Waals surface area contributed by atoms with Crippen molar-refractivity contribution in [1.29, 1.82) is 0 Å².